The molecule has 0 spiro atoms. The number of pyridine rings is 1. The molecule has 8 heteroatoms. The number of aromatic nitrogens is 1. The van der Waals surface area contributed by atoms with Crippen molar-refractivity contribution in [3.8, 4) is 0 Å². The van der Waals surface area contributed by atoms with Crippen LogP contribution >= 0.6 is 0 Å². The van der Waals surface area contributed by atoms with Crippen molar-refractivity contribution in [1.82, 2.24) is 10.3 Å². The number of aliphatic imine (C=N–C) groups is 1. The number of nitrogens with one attached hydrogen (secondary N) is 1. The Kier molecular flexibility index (Phi) is 6.32. The molecule has 0 aliphatic carbocycles. The van der Waals surface area contributed by atoms with Crippen LogP contribution in [-0.4, -0.2) is 34.6 Å². The van der Waals surface area contributed by atoms with Gasteiger partial charge in [-0.05, 0) is 60.5 Å². The van der Waals surface area contributed by atoms with Gasteiger partial charge in [0.25, 0.3) is 5.91 Å². The highest BCUT2D eigenvalue weighted by atomic mass is 19.1. The zero-order valence-electron chi connectivity index (χ0n) is 18.4. The molecule has 0 unspecified atom stereocenters. The molecule has 1 aromatic heterocycles. The first kappa shape index (κ1) is 23.0. The Labute approximate surface area is 195 Å². The van der Waals surface area contributed by atoms with Crippen LogP contribution in [0.2, 0.25) is 0 Å². The summed E-state index contributed by atoms with van der Waals surface area (Å²) >= 11 is 0. The monoisotopic (exact) mass is 460 g/mol. The molecule has 6 nitrogen and oxygen atoms in total. The van der Waals surface area contributed by atoms with Gasteiger partial charge in [-0.2, -0.15) is 0 Å². The van der Waals surface area contributed by atoms with Crippen LogP contribution in [0.25, 0.3) is 5.57 Å². The van der Waals surface area contributed by atoms with Crippen molar-refractivity contribution >= 4 is 23.1 Å². The maximum Gasteiger partial charge on any atom is 0.252 e. The lowest BCUT2D eigenvalue weighted by Gasteiger charge is -2.27. The minimum absolute atomic E-state index is 0.0155. The van der Waals surface area contributed by atoms with Crippen LogP contribution in [0.3, 0.4) is 0 Å². The number of carbonyl (C=O) groups is 2. The summed E-state index contributed by atoms with van der Waals surface area (Å²) in [5.41, 5.74) is 6.55. The minimum atomic E-state index is -1.46. The van der Waals surface area contributed by atoms with Gasteiger partial charge in [-0.1, -0.05) is 24.3 Å². The Morgan fingerprint density at radius 3 is 2.50 bits per heavy atom. The van der Waals surface area contributed by atoms with Crippen LogP contribution in [-0.2, 0) is 11.2 Å². The van der Waals surface area contributed by atoms with E-state index in [-0.39, 0.29) is 35.6 Å². The molecule has 2 heterocycles. The van der Waals surface area contributed by atoms with Crippen LogP contribution < -0.4 is 11.1 Å². The topological polar surface area (TPSA) is 97.4 Å². The number of nitrogens with zero attached hydrogens (tertiary/aromatic N) is 2. The summed E-state index contributed by atoms with van der Waals surface area (Å²) in [6.07, 6.45) is 3.31. The zero-order valence-corrected chi connectivity index (χ0v) is 18.4. The van der Waals surface area contributed by atoms with E-state index >= 15 is 0 Å². The maximum absolute atomic E-state index is 14.9. The van der Waals surface area contributed by atoms with Crippen LogP contribution in [0.4, 0.5) is 8.78 Å². The molecule has 4 rings (SSSR count). The van der Waals surface area contributed by atoms with Gasteiger partial charge in [0.15, 0.2) is 0 Å². The van der Waals surface area contributed by atoms with E-state index in [1.165, 1.54) is 37.3 Å². The smallest absolute Gasteiger partial charge is 0.252 e. The lowest BCUT2D eigenvalue weighted by Crippen LogP contribution is -2.57. The quantitative estimate of drug-likeness (QED) is 0.565. The summed E-state index contributed by atoms with van der Waals surface area (Å²) in [6.45, 7) is 1.76. The summed E-state index contributed by atoms with van der Waals surface area (Å²) in [5.74, 6) is -2.41. The van der Waals surface area contributed by atoms with Gasteiger partial charge < -0.3 is 11.1 Å². The summed E-state index contributed by atoms with van der Waals surface area (Å²) in [5, 5.41) is 2.66. The van der Waals surface area contributed by atoms with E-state index in [1.807, 2.05) is 0 Å². The molecule has 0 fully saturated rings. The van der Waals surface area contributed by atoms with Crippen LogP contribution in [0.1, 0.15) is 34.1 Å². The number of amides is 2. The van der Waals surface area contributed by atoms with Gasteiger partial charge in [0, 0.05) is 23.9 Å². The average Bonchev–Trinajstić information content (AvgIpc) is 3.29. The molecule has 0 saturated carbocycles. The van der Waals surface area contributed by atoms with Gasteiger partial charge in [0.05, 0.1) is 17.8 Å². The number of benzene rings is 2. The number of rotatable bonds is 7. The number of hydrogen-bond donors (Lipinski definition) is 2. The van der Waals surface area contributed by atoms with Crippen molar-refractivity contribution in [2.24, 2.45) is 10.7 Å². The van der Waals surface area contributed by atoms with E-state index < -0.39 is 23.2 Å². The van der Waals surface area contributed by atoms with E-state index in [0.29, 0.717) is 5.69 Å². The van der Waals surface area contributed by atoms with Crippen LogP contribution in [0, 0.1) is 11.6 Å². The van der Waals surface area contributed by atoms with Gasteiger partial charge in [-0.25, -0.2) is 8.78 Å². The Morgan fingerprint density at radius 1 is 1.06 bits per heavy atom. The second-order valence-electron chi connectivity index (χ2n) is 8.19. The molecule has 3 aromatic rings. The van der Waals surface area contributed by atoms with Gasteiger partial charge in [0.2, 0.25) is 5.91 Å². The number of allylic oxidation sites excluding steroid dienone is 1. The fraction of sp³-hybridized carbons (Fsp3) is 0.154. The number of hydrogen-bond acceptors (Lipinski definition) is 4. The molecular weight excluding hydrogens is 438 g/mol. The van der Waals surface area contributed by atoms with Crippen molar-refractivity contribution in [1.29, 1.82) is 0 Å². The van der Waals surface area contributed by atoms with Gasteiger partial charge in [-0.15, -0.1) is 0 Å². The predicted molar refractivity (Wildman–Crippen MR) is 125 cm³/mol. The Balaban J connectivity index is 1.64. The lowest BCUT2D eigenvalue weighted by atomic mass is 9.93. The first-order valence-corrected chi connectivity index (χ1v) is 10.6. The molecule has 2 aromatic carbocycles. The molecule has 34 heavy (non-hydrogen) atoms. The molecule has 1 aliphatic heterocycles. The van der Waals surface area contributed by atoms with Crippen molar-refractivity contribution in [3.05, 3.63) is 107 Å². The summed E-state index contributed by atoms with van der Waals surface area (Å²) in [4.78, 5) is 34.1. The van der Waals surface area contributed by atoms with Crippen LogP contribution in [0.15, 0.2) is 77.9 Å². The number of halogens is 2. The molecule has 0 saturated heterocycles. The molecule has 172 valence electrons. The molecule has 2 amide bonds. The first-order chi connectivity index (χ1) is 16.3. The van der Waals surface area contributed by atoms with Crippen molar-refractivity contribution < 1.29 is 18.4 Å². The standard InChI is InChI=1S/C26H22F2N4O2/c1-26(25(29)34,14-19-5-2-3-12-30-19)32-24(33)20-6-4-7-21(28)23(20)22-13-17(15-31-22)16-8-10-18(27)11-9-16/h2-13H,14-15H2,1H3,(H2,29,34)(H,32,33)/t26-/m0/s1. The van der Waals surface area contributed by atoms with Gasteiger partial charge in [0.1, 0.15) is 17.2 Å². The van der Waals surface area contributed by atoms with Crippen molar-refractivity contribution in [2.75, 3.05) is 6.54 Å². The molecule has 1 atom stereocenters. The lowest BCUT2D eigenvalue weighted by molar-refractivity contribution is -0.123. The molecule has 0 bridgehead atoms. The molecular formula is C26H22F2N4O2. The Hall–Kier alpha value is -4.20. The third-order valence-corrected chi connectivity index (χ3v) is 5.65. The van der Waals surface area contributed by atoms with E-state index in [2.05, 4.69) is 15.3 Å². The Morgan fingerprint density at radius 2 is 1.82 bits per heavy atom. The van der Waals surface area contributed by atoms with E-state index in [1.54, 1.807) is 42.6 Å². The fourth-order valence-corrected chi connectivity index (χ4v) is 3.77. The number of primary amides is 1. The van der Waals surface area contributed by atoms with E-state index in [4.69, 9.17) is 5.73 Å². The van der Waals surface area contributed by atoms with Crippen molar-refractivity contribution in [3.63, 3.8) is 0 Å². The van der Waals surface area contributed by atoms with Gasteiger partial charge in [-0.3, -0.25) is 19.6 Å². The highest BCUT2D eigenvalue weighted by Gasteiger charge is 2.35. The SMILES string of the molecule is C[C@@](Cc1ccccn1)(NC(=O)c1cccc(F)c1C1=NCC(c2ccc(F)cc2)=C1)C(N)=O. The summed E-state index contributed by atoms with van der Waals surface area (Å²) in [7, 11) is 0. The minimum Gasteiger partial charge on any atom is -0.368 e. The molecule has 1 aliphatic rings. The third kappa shape index (κ3) is 4.76. The summed E-state index contributed by atoms with van der Waals surface area (Å²) in [6, 6.07) is 15.2. The second-order valence-corrected chi connectivity index (χ2v) is 8.19. The van der Waals surface area contributed by atoms with E-state index in [9.17, 15) is 18.4 Å². The highest BCUT2D eigenvalue weighted by Crippen LogP contribution is 2.25. The Bertz CT molecular complexity index is 1300. The largest absolute Gasteiger partial charge is 0.368 e. The number of nitrogens with two attached hydrogens (primary N) is 1. The third-order valence-electron chi connectivity index (χ3n) is 5.65. The fourth-order valence-electron chi connectivity index (χ4n) is 3.77. The van der Waals surface area contributed by atoms with Crippen LogP contribution in [0.5, 0.6) is 0 Å². The van der Waals surface area contributed by atoms with E-state index in [0.717, 1.165) is 11.1 Å². The average molecular weight is 460 g/mol. The summed E-state index contributed by atoms with van der Waals surface area (Å²) < 4.78 is 28.2. The van der Waals surface area contributed by atoms with Crippen molar-refractivity contribution in [2.45, 2.75) is 18.9 Å². The molecule has 0 radical (unpaired) electrons. The zero-order chi connectivity index (χ0) is 24.3. The predicted octanol–water partition coefficient (Wildman–Crippen LogP) is 3.46. The number of carbonyl (C=O) groups excluding carboxylic acids is 2. The normalized spacial score (nSPS) is 14.7. The molecule has 3 N–H and O–H groups in total. The first-order valence-electron chi connectivity index (χ1n) is 10.6. The highest BCUT2D eigenvalue weighted by molar-refractivity contribution is 6.19. The second kappa shape index (κ2) is 9.35. The van der Waals surface area contributed by atoms with Gasteiger partial charge >= 0.3 is 0 Å². The maximum atomic E-state index is 14.9.